The lowest BCUT2D eigenvalue weighted by Gasteiger charge is -2.08. The van der Waals surface area contributed by atoms with Crippen LogP contribution in [-0.4, -0.2) is 11.1 Å². The summed E-state index contributed by atoms with van der Waals surface area (Å²) in [5.74, 6) is 0.999. The maximum atomic E-state index is 10.4. The third-order valence-corrected chi connectivity index (χ3v) is 4.83. The van der Waals surface area contributed by atoms with Crippen LogP contribution in [0.4, 0.5) is 0 Å². The predicted octanol–water partition coefficient (Wildman–Crippen LogP) is 7.08. The van der Waals surface area contributed by atoms with Crippen LogP contribution in [0.5, 0.6) is 0 Å². The Hall–Kier alpha value is -1.31. The molecule has 142 valence electrons. The molecule has 2 nitrogen and oxygen atoms in total. The second-order valence-electron chi connectivity index (χ2n) is 7.32. The molecule has 0 aromatic heterocycles. The molecular weight excluding hydrogens is 308 g/mol. The standard InChI is InChI=1S/C23H38O2/c1-2-3-4-5-10-13-16-21(22-19-20-22)17-14-11-8-6-7-9-12-15-18-23(24)25/h7,9-10,13-14,17,21-22H,2-6,8,11-12,15-16,18-20H2,1H3,(H,24,25)/b9-7-,13-10-,17-14+. The Balaban J connectivity index is 2.07. The molecule has 1 saturated carbocycles. The number of carboxylic acids is 1. The van der Waals surface area contributed by atoms with Gasteiger partial charge in [0.1, 0.15) is 0 Å². The van der Waals surface area contributed by atoms with E-state index in [1.54, 1.807) is 0 Å². The number of carbonyl (C=O) groups is 1. The first kappa shape index (κ1) is 21.7. The van der Waals surface area contributed by atoms with E-state index in [1.807, 2.05) is 0 Å². The van der Waals surface area contributed by atoms with E-state index in [0.717, 1.165) is 37.5 Å². The Labute approximate surface area is 155 Å². The van der Waals surface area contributed by atoms with Crippen LogP contribution < -0.4 is 0 Å². The van der Waals surface area contributed by atoms with E-state index in [0.29, 0.717) is 0 Å². The van der Waals surface area contributed by atoms with E-state index in [4.69, 9.17) is 5.11 Å². The lowest BCUT2D eigenvalue weighted by Crippen LogP contribution is -1.97. The fraction of sp³-hybridized carbons (Fsp3) is 0.696. The first-order valence-electron chi connectivity index (χ1n) is 10.4. The van der Waals surface area contributed by atoms with Gasteiger partial charge in [0.25, 0.3) is 0 Å². The molecule has 0 radical (unpaired) electrons. The average Bonchev–Trinajstić information content (AvgIpc) is 3.42. The normalized spacial score (nSPS) is 16.4. The highest BCUT2D eigenvalue weighted by atomic mass is 16.4. The Morgan fingerprint density at radius 2 is 1.56 bits per heavy atom. The molecule has 1 unspecified atom stereocenters. The van der Waals surface area contributed by atoms with Crippen molar-refractivity contribution in [2.24, 2.45) is 11.8 Å². The molecule has 0 aromatic rings. The van der Waals surface area contributed by atoms with Crippen LogP contribution in [0.15, 0.2) is 36.5 Å². The molecule has 0 aromatic carbocycles. The summed E-state index contributed by atoms with van der Waals surface area (Å²) in [5, 5.41) is 8.57. The maximum Gasteiger partial charge on any atom is 0.303 e. The first-order chi connectivity index (χ1) is 12.2. The van der Waals surface area contributed by atoms with Crippen LogP contribution in [-0.2, 0) is 4.79 Å². The molecule has 1 fully saturated rings. The van der Waals surface area contributed by atoms with Gasteiger partial charge in [-0.25, -0.2) is 0 Å². The molecule has 1 aliphatic carbocycles. The van der Waals surface area contributed by atoms with Gasteiger partial charge in [-0.3, -0.25) is 4.79 Å². The van der Waals surface area contributed by atoms with Crippen LogP contribution in [0.3, 0.4) is 0 Å². The van der Waals surface area contributed by atoms with Gasteiger partial charge in [0.15, 0.2) is 0 Å². The van der Waals surface area contributed by atoms with Crippen LogP contribution in [0.1, 0.15) is 90.4 Å². The number of rotatable bonds is 16. The highest BCUT2D eigenvalue weighted by Gasteiger charge is 2.28. The molecule has 0 amide bonds. The summed E-state index contributed by atoms with van der Waals surface area (Å²) in [4.78, 5) is 10.4. The third-order valence-electron chi connectivity index (χ3n) is 4.83. The number of carboxylic acid groups (broad SMARTS) is 1. The highest BCUT2D eigenvalue weighted by molar-refractivity contribution is 5.66. The highest BCUT2D eigenvalue weighted by Crippen LogP contribution is 2.39. The number of allylic oxidation sites excluding steroid dienone is 6. The van der Waals surface area contributed by atoms with Gasteiger partial charge in [0.2, 0.25) is 0 Å². The smallest absolute Gasteiger partial charge is 0.303 e. The molecule has 0 spiro atoms. The van der Waals surface area contributed by atoms with Crippen molar-refractivity contribution >= 4 is 5.97 Å². The van der Waals surface area contributed by atoms with E-state index in [9.17, 15) is 4.79 Å². The van der Waals surface area contributed by atoms with Gasteiger partial charge in [-0.15, -0.1) is 0 Å². The number of aliphatic carboxylic acids is 1. The average molecular weight is 347 g/mol. The number of hydrogen-bond acceptors (Lipinski definition) is 1. The minimum atomic E-state index is -0.695. The van der Waals surface area contributed by atoms with Crippen LogP contribution >= 0.6 is 0 Å². The molecule has 25 heavy (non-hydrogen) atoms. The van der Waals surface area contributed by atoms with Crippen molar-refractivity contribution in [3.05, 3.63) is 36.5 Å². The van der Waals surface area contributed by atoms with Crippen LogP contribution in [0.25, 0.3) is 0 Å². The molecule has 2 heteroatoms. The summed E-state index contributed by atoms with van der Waals surface area (Å²) in [6, 6.07) is 0. The molecule has 1 aliphatic rings. The Bertz CT molecular complexity index is 416. The zero-order valence-corrected chi connectivity index (χ0v) is 16.2. The monoisotopic (exact) mass is 346 g/mol. The SMILES string of the molecule is CCCCC/C=C\CC(/C=C/CCC/C=C\CCCC(=O)O)C1CC1. The molecule has 0 bridgehead atoms. The lowest BCUT2D eigenvalue weighted by molar-refractivity contribution is -0.137. The fourth-order valence-electron chi connectivity index (χ4n) is 3.07. The second-order valence-corrected chi connectivity index (χ2v) is 7.32. The molecular formula is C23H38O2. The van der Waals surface area contributed by atoms with E-state index < -0.39 is 5.97 Å². The quantitative estimate of drug-likeness (QED) is 0.239. The van der Waals surface area contributed by atoms with Crippen molar-refractivity contribution in [1.29, 1.82) is 0 Å². The second kappa shape index (κ2) is 15.0. The maximum absolute atomic E-state index is 10.4. The zero-order valence-electron chi connectivity index (χ0n) is 16.2. The van der Waals surface area contributed by atoms with Gasteiger partial charge < -0.3 is 5.11 Å². The number of unbranched alkanes of at least 4 members (excludes halogenated alkanes) is 6. The third kappa shape index (κ3) is 13.6. The van der Waals surface area contributed by atoms with E-state index in [-0.39, 0.29) is 6.42 Å². The van der Waals surface area contributed by atoms with E-state index in [1.165, 1.54) is 51.4 Å². The first-order valence-corrected chi connectivity index (χ1v) is 10.4. The lowest BCUT2D eigenvalue weighted by atomic mass is 9.98. The fourth-order valence-corrected chi connectivity index (χ4v) is 3.07. The summed E-state index contributed by atoms with van der Waals surface area (Å²) in [7, 11) is 0. The summed E-state index contributed by atoms with van der Waals surface area (Å²) in [6.45, 7) is 2.26. The van der Waals surface area contributed by atoms with Crippen molar-refractivity contribution in [2.45, 2.75) is 90.4 Å². The minimum Gasteiger partial charge on any atom is -0.481 e. The van der Waals surface area contributed by atoms with Gasteiger partial charge >= 0.3 is 5.97 Å². The molecule has 1 rings (SSSR count). The molecule has 1 N–H and O–H groups in total. The van der Waals surface area contributed by atoms with Crippen molar-refractivity contribution in [3.63, 3.8) is 0 Å². The Kier molecular flexibility index (Phi) is 13.0. The summed E-state index contributed by atoms with van der Waals surface area (Å²) < 4.78 is 0. The van der Waals surface area contributed by atoms with Gasteiger partial charge in [0.05, 0.1) is 0 Å². The Morgan fingerprint density at radius 1 is 0.920 bits per heavy atom. The summed E-state index contributed by atoms with van der Waals surface area (Å²) >= 11 is 0. The Morgan fingerprint density at radius 3 is 2.24 bits per heavy atom. The van der Waals surface area contributed by atoms with Crippen LogP contribution in [0.2, 0.25) is 0 Å². The number of hydrogen-bond donors (Lipinski definition) is 1. The minimum absolute atomic E-state index is 0.280. The van der Waals surface area contributed by atoms with Crippen molar-refractivity contribution in [1.82, 2.24) is 0 Å². The molecule has 0 heterocycles. The van der Waals surface area contributed by atoms with E-state index >= 15 is 0 Å². The predicted molar refractivity (Wildman–Crippen MR) is 108 cm³/mol. The van der Waals surface area contributed by atoms with Gasteiger partial charge in [-0.05, 0) is 76.0 Å². The largest absolute Gasteiger partial charge is 0.481 e. The van der Waals surface area contributed by atoms with Gasteiger partial charge in [-0.2, -0.15) is 0 Å². The summed E-state index contributed by atoms with van der Waals surface area (Å²) in [6.07, 6.45) is 28.6. The molecule has 0 saturated heterocycles. The summed E-state index contributed by atoms with van der Waals surface area (Å²) in [5.41, 5.74) is 0. The van der Waals surface area contributed by atoms with E-state index in [2.05, 4.69) is 43.4 Å². The zero-order chi connectivity index (χ0) is 18.2. The molecule has 0 aliphatic heterocycles. The van der Waals surface area contributed by atoms with Crippen molar-refractivity contribution in [3.8, 4) is 0 Å². The van der Waals surface area contributed by atoms with Gasteiger partial charge in [-0.1, -0.05) is 56.2 Å². The van der Waals surface area contributed by atoms with Gasteiger partial charge in [0, 0.05) is 6.42 Å². The van der Waals surface area contributed by atoms with Crippen LogP contribution in [0, 0.1) is 11.8 Å². The van der Waals surface area contributed by atoms with Crippen molar-refractivity contribution in [2.75, 3.05) is 0 Å². The topological polar surface area (TPSA) is 37.3 Å². The molecule has 1 atom stereocenters. The van der Waals surface area contributed by atoms with Crippen molar-refractivity contribution < 1.29 is 9.90 Å².